The molecule has 1 aliphatic rings. The molecule has 0 atom stereocenters. The zero-order chi connectivity index (χ0) is 17.4. The van der Waals surface area contributed by atoms with Crippen LogP contribution in [0.4, 0.5) is 9.52 Å². The van der Waals surface area contributed by atoms with Gasteiger partial charge in [0.2, 0.25) is 5.13 Å². The van der Waals surface area contributed by atoms with Gasteiger partial charge >= 0.3 is 0 Å². The van der Waals surface area contributed by atoms with E-state index >= 15 is 0 Å². The maximum atomic E-state index is 14.1. The molecule has 3 aromatic rings. The molecular weight excluding hydrogens is 405 g/mol. The second kappa shape index (κ2) is 6.76. The number of aromatic nitrogens is 4. The first-order valence-corrected chi connectivity index (χ1v) is 9.62. The summed E-state index contributed by atoms with van der Waals surface area (Å²) in [6, 6.07) is 4.83. The van der Waals surface area contributed by atoms with E-state index in [-0.39, 0.29) is 5.82 Å². The highest BCUT2D eigenvalue weighted by Gasteiger charge is 2.22. The van der Waals surface area contributed by atoms with E-state index in [2.05, 4.69) is 41.0 Å². The van der Waals surface area contributed by atoms with Crippen molar-refractivity contribution < 1.29 is 4.39 Å². The van der Waals surface area contributed by atoms with Crippen LogP contribution in [0.3, 0.4) is 0 Å². The van der Waals surface area contributed by atoms with E-state index in [9.17, 15) is 4.39 Å². The number of fused-ring (bicyclic) bond motifs is 1. The van der Waals surface area contributed by atoms with Gasteiger partial charge in [0.25, 0.3) is 0 Å². The smallest absolute Gasteiger partial charge is 0.208 e. The van der Waals surface area contributed by atoms with Gasteiger partial charge in [0.05, 0.1) is 12.2 Å². The average molecular weight is 420 g/mol. The van der Waals surface area contributed by atoms with E-state index in [1.165, 1.54) is 23.0 Å². The summed E-state index contributed by atoms with van der Waals surface area (Å²) in [4.78, 5) is 11.1. The Bertz CT molecular complexity index is 929. The van der Waals surface area contributed by atoms with Crippen LogP contribution in [0, 0.1) is 5.82 Å². The van der Waals surface area contributed by atoms with Crippen molar-refractivity contribution >= 4 is 32.4 Å². The fraction of sp³-hybridized carbons (Fsp3) is 0.294. The molecular formula is C17H15BrFN5S. The molecule has 0 spiro atoms. The van der Waals surface area contributed by atoms with Gasteiger partial charge < -0.3 is 4.90 Å². The fourth-order valence-corrected chi connectivity index (χ4v) is 4.04. The van der Waals surface area contributed by atoms with E-state index in [1.54, 1.807) is 12.1 Å². The van der Waals surface area contributed by atoms with Crippen molar-refractivity contribution in [3.05, 3.63) is 51.8 Å². The molecule has 0 saturated heterocycles. The molecule has 0 fully saturated rings. The molecule has 2 aromatic heterocycles. The minimum absolute atomic E-state index is 0.296. The van der Waals surface area contributed by atoms with E-state index in [1.807, 2.05) is 13.1 Å². The predicted molar refractivity (Wildman–Crippen MR) is 99.2 cm³/mol. The second-order valence-electron chi connectivity index (χ2n) is 5.80. The minimum atomic E-state index is -0.296. The normalized spacial score (nSPS) is 13.8. The Hall–Kier alpha value is -1.93. The highest BCUT2D eigenvalue weighted by molar-refractivity contribution is 9.10. The van der Waals surface area contributed by atoms with Gasteiger partial charge in [-0.2, -0.15) is 0 Å². The quantitative estimate of drug-likeness (QED) is 0.641. The molecule has 0 amide bonds. The van der Waals surface area contributed by atoms with Crippen LogP contribution in [-0.2, 0) is 19.4 Å². The SMILES string of the molecule is CCc1ncc2c(n1)CN(c1nnc(-c3cc(Br)ccc3F)s1)CC2. The van der Waals surface area contributed by atoms with Crippen molar-refractivity contribution in [2.45, 2.75) is 26.3 Å². The van der Waals surface area contributed by atoms with Crippen molar-refractivity contribution in [1.82, 2.24) is 20.2 Å². The number of aryl methyl sites for hydroxylation is 1. The third kappa shape index (κ3) is 3.28. The maximum Gasteiger partial charge on any atom is 0.208 e. The minimum Gasteiger partial charge on any atom is -0.340 e. The number of nitrogens with zero attached hydrogens (tertiary/aromatic N) is 5. The van der Waals surface area contributed by atoms with Crippen molar-refractivity contribution in [3.8, 4) is 10.6 Å². The molecule has 3 heterocycles. The highest BCUT2D eigenvalue weighted by Crippen LogP contribution is 2.33. The third-order valence-electron chi connectivity index (χ3n) is 4.16. The Morgan fingerprint density at radius 2 is 2.20 bits per heavy atom. The monoisotopic (exact) mass is 419 g/mol. The Morgan fingerprint density at radius 1 is 1.32 bits per heavy atom. The summed E-state index contributed by atoms with van der Waals surface area (Å²) in [5, 5.41) is 9.83. The van der Waals surface area contributed by atoms with Crippen LogP contribution in [-0.4, -0.2) is 26.7 Å². The molecule has 128 valence electrons. The summed E-state index contributed by atoms with van der Waals surface area (Å²) in [5.41, 5.74) is 2.70. The Kier molecular flexibility index (Phi) is 4.47. The molecule has 8 heteroatoms. The van der Waals surface area contributed by atoms with Gasteiger partial charge in [-0.15, -0.1) is 10.2 Å². The number of hydrogen-bond donors (Lipinski definition) is 0. The molecule has 0 saturated carbocycles. The Labute approximate surface area is 157 Å². The molecule has 0 aliphatic carbocycles. The molecule has 0 N–H and O–H groups in total. The summed E-state index contributed by atoms with van der Waals surface area (Å²) in [7, 11) is 0. The van der Waals surface area contributed by atoms with Crippen LogP contribution in [0.15, 0.2) is 28.9 Å². The molecule has 0 bridgehead atoms. The number of rotatable bonds is 3. The van der Waals surface area contributed by atoms with E-state index in [0.717, 1.165) is 40.5 Å². The van der Waals surface area contributed by atoms with Gasteiger partial charge in [-0.1, -0.05) is 34.2 Å². The van der Waals surface area contributed by atoms with Crippen LogP contribution in [0.25, 0.3) is 10.6 Å². The highest BCUT2D eigenvalue weighted by atomic mass is 79.9. The summed E-state index contributed by atoms with van der Waals surface area (Å²) in [6.45, 7) is 3.56. The van der Waals surface area contributed by atoms with Crippen LogP contribution in [0.1, 0.15) is 24.0 Å². The van der Waals surface area contributed by atoms with Crippen LogP contribution >= 0.6 is 27.3 Å². The molecule has 5 nitrogen and oxygen atoms in total. The molecule has 4 rings (SSSR count). The van der Waals surface area contributed by atoms with Gasteiger partial charge in [-0.05, 0) is 30.2 Å². The van der Waals surface area contributed by atoms with Crippen molar-refractivity contribution in [3.63, 3.8) is 0 Å². The largest absolute Gasteiger partial charge is 0.340 e. The first-order chi connectivity index (χ1) is 12.1. The average Bonchev–Trinajstić information content (AvgIpc) is 3.12. The summed E-state index contributed by atoms with van der Waals surface area (Å²) < 4.78 is 14.9. The second-order valence-corrected chi connectivity index (χ2v) is 7.67. The molecule has 25 heavy (non-hydrogen) atoms. The Morgan fingerprint density at radius 3 is 3.04 bits per heavy atom. The van der Waals surface area contributed by atoms with E-state index < -0.39 is 0 Å². The van der Waals surface area contributed by atoms with Crippen LogP contribution < -0.4 is 4.90 Å². The number of hydrogen-bond acceptors (Lipinski definition) is 6. The molecule has 1 aliphatic heterocycles. The molecule has 0 radical (unpaired) electrons. The predicted octanol–water partition coefficient (Wildman–Crippen LogP) is 4.02. The van der Waals surface area contributed by atoms with Gasteiger partial charge in [0, 0.05) is 29.2 Å². The zero-order valence-corrected chi connectivity index (χ0v) is 15.9. The summed E-state index contributed by atoms with van der Waals surface area (Å²) >= 11 is 4.77. The van der Waals surface area contributed by atoms with Crippen molar-refractivity contribution in [2.75, 3.05) is 11.4 Å². The van der Waals surface area contributed by atoms with Crippen LogP contribution in [0.5, 0.6) is 0 Å². The first-order valence-electron chi connectivity index (χ1n) is 8.01. The lowest BCUT2D eigenvalue weighted by Crippen LogP contribution is -2.31. The first kappa shape index (κ1) is 16.5. The van der Waals surface area contributed by atoms with Gasteiger partial charge in [-0.3, -0.25) is 0 Å². The molecule has 0 unspecified atom stereocenters. The Balaban J connectivity index is 1.61. The zero-order valence-electron chi connectivity index (χ0n) is 13.5. The van der Waals surface area contributed by atoms with Gasteiger partial charge in [0.15, 0.2) is 5.01 Å². The lowest BCUT2D eigenvalue weighted by molar-refractivity contribution is 0.630. The maximum absolute atomic E-state index is 14.1. The van der Waals surface area contributed by atoms with E-state index in [0.29, 0.717) is 17.1 Å². The van der Waals surface area contributed by atoms with Crippen molar-refractivity contribution in [2.24, 2.45) is 0 Å². The lowest BCUT2D eigenvalue weighted by atomic mass is 10.1. The standard InChI is InChI=1S/C17H15BrFN5S/c1-2-15-20-8-10-5-6-24(9-14(10)21-15)17-23-22-16(25-17)12-7-11(18)3-4-13(12)19/h3-4,7-8H,2,5-6,9H2,1H3. The lowest BCUT2D eigenvalue weighted by Gasteiger charge is -2.27. The van der Waals surface area contributed by atoms with Gasteiger partial charge in [0.1, 0.15) is 11.6 Å². The summed E-state index contributed by atoms with van der Waals surface area (Å²) in [5.74, 6) is 0.560. The van der Waals surface area contributed by atoms with E-state index in [4.69, 9.17) is 0 Å². The summed E-state index contributed by atoms with van der Waals surface area (Å²) in [6.07, 6.45) is 3.62. The fourth-order valence-electron chi connectivity index (χ4n) is 2.79. The van der Waals surface area contributed by atoms with Gasteiger partial charge in [-0.25, -0.2) is 14.4 Å². The third-order valence-corrected chi connectivity index (χ3v) is 5.67. The van der Waals surface area contributed by atoms with Crippen LogP contribution in [0.2, 0.25) is 0 Å². The number of benzene rings is 1. The topological polar surface area (TPSA) is 54.8 Å². The number of anilines is 1. The number of halogens is 2. The van der Waals surface area contributed by atoms with Crippen molar-refractivity contribution in [1.29, 1.82) is 0 Å². The molecule has 1 aromatic carbocycles.